The highest BCUT2D eigenvalue weighted by Gasteiger charge is 2.28. The zero-order chi connectivity index (χ0) is 22.4. The second kappa shape index (κ2) is 10.9. The molecule has 2 aromatic carbocycles. The molecule has 0 bridgehead atoms. The number of ether oxygens (including phenoxy) is 4. The number of carbonyl (C=O) groups is 1. The van der Waals surface area contributed by atoms with Crippen LogP contribution in [-0.4, -0.2) is 49.1 Å². The fourth-order valence-electron chi connectivity index (χ4n) is 2.80. The fourth-order valence-corrected chi connectivity index (χ4v) is 4.56. The Morgan fingerprint density at radius 1 is 1.10 bits per heavy atom. The molecule has 31 heavy (non-hydrogen) atoms. The van der Waals surface area contributed by atoms with Crippen LogP contribution in [0.5, 0.6) is 23.0 Å². The van der Waals surface area contributed by atoms with Crippen LogP contribution in [0.2, 0.25) is 0 Å². The number of nitrogens with zero attached hydrogens (tertiary/aromatic N) is 1. The van der Waals surface area contributed by atoms with Gasteiger partial charge >= 0.3 is 0 Å². The van der Waals surface area contributed by atoms with E-state index in [0.717, 1.165) is 5.56 Å². The van der Waals surface area contributed by atoms with Crippen molar-refractivity contribution in [2.75, 3.05) is 34.0 Å². The highest BCUT2D eigenvalue weighted by atomic mass is 79.9. The van der Waals surface area contributed by atoms with Crippen molar-refractivity contribution in [3.8, 4) is 23.0 Å². The minimum absolute atomic E-state index is 0.113. The summed E-state index contributed by atoms with van der Waals surface area (Å²) in [6.07, 6.45) is 1.80. The molecule has 0 unspecified atom stereocenters. The van der Waals surface area contributed by atoms with E-state index >= 15 is 0 Å². The number of thiocarbonyl (C=S) groups is 1. The molecule has 1 saturated heterocycles. The maximum Gasteiger partial charge on any atom is 0.265 e. The van der Waals surface area contributed by atoms with Crippen LogP contribution in [0.25, 0.3) is 6.08 Å². The third-order valence-electron chi connectivity index (χ3n) is 4.27. The summed E-state index contributed by atoms with van der Waals surface area (Å²) in [6, 6.07) is 11.2. The minimum atomic E-state index is -0.113. The Labute approximate surface area is 199 Å². The van der Waals surface area contributed by atoms with E-state index in [2.05, 4.69) is 15.9 Å². The highest BCUT2D eigenvalue weighted by Crippen LogP contribution is 2.39. The van der Waals surface area contributed by atoms with Gasteiger partial charge in [-0.3, -0.25) is 9.69 Å². The fraction of sp³-hybridized carbons (Fsp3) is 0.273. The van der Waals surface area contributed by atoms with Gasteiger partial charge in [0.05, 0.1) is 23.1 Å². The lowest BCUT2D eigenvalue weighted by Gasteiger charge is -2.15. The number of amides is 1. The first-order valence-corrected chi connectivity index (χ1v) is 11.5. The Bertz CT molecular complexity index is 1010. The molecule has 0 aromatic heterocycles. The number of hydrogen-bond acceptors (Lipinski definition) is 7. The molecule has 1 fully saturated rings. The summed E-state index contributed by atoms with van der Waals surface area (Å²) >= 11 is 10.0. The van der Waals surface area contributed by atoms with Gasteiger partial charge in [0.15, 0.2) is 23.0 Å². The number of likely N-dealkylation sites (N-methyl/N-ethyl adjacent to an activating group) is 1. The third kappa shape index (κ3) is 5.72. The molecule has 0 saturated carbocycles. The van der Waals surface area contributed by atoms with E-state index in [1.54, 1.807) is 20.2 Å². The van der Waals surface area contributed by atoms with Crippen molar-refractivity contribution in [3.63, 3.8) is 0 Å². The minimum Gasteiger partial charge on any atom is -0.493 e. The van der Waals surface area contributed by atoms with Crippen LogP contribution in [0.4, 0.5) is 0 Å². The largest absolute Gasteiger partial charge is 0.493 e. The molecule has 1 aliphatic rings. The van der Waals surface area contributed by atoms with Gasteiger partial charge in [-0.2, -0.15) is 0 Å². The summed E-state index contributed by atoms with van der Waals surface area (Å²) in [7, 11) is 3.27. The van der Waals surface area contributed by atoms with Crippen molar-refractivity contribution < 1.29 is 23.7 Å². The lowest BCUT2D eigenvalue weighted by atomic mass is 10.2. The molecule has 0 N–H and O–H groups in total. The van der Waals surface area contributed by atoms with Gasteiger partial charge < -0.3 is 18.9 Å². The first-order valence-electron chi connectivity index (χ1n) is 9.51. The molecule has 0 aliphatic carbocycles. The smallest absolute Gasteiger partial charge is 0.265 e. The summed E-state index contributed by atoms with van der Waals surface area (Å²) in [6.45, 7) is 3.02. The number of rotatable bonds is 9. The van der Waals surface area contributed by atoms with Crippen LogP contribution in [0.1, 0.15) is 12.5 Å². The molecule has 164 valence electrons. The van der Waals surface area contributed by atoms with Gasteiger partial charge in [0, 0.05) is 7.05 Å². The number of para-hydroxylation sites is 2. The topological polar surface area (TPSA) is 57.2 Å². The lowest BCUT2D eigenvalue weighted by Crippen LogP contribution is -2.22. The number of hydrogen-bond donors (Lipinski definition) is 0. The van der Waals surface area contributed by atoms with Gasteiger partial charge in [-0.1, -0.05) is 36.1 Å². The number of benzene rings is 2. The van der Waals surface area contributed by atoms with Crippen molar-refractivity contribution >= 4 is 56.2 Å². The molecule has 1 heterocycles. The maximum absolute atomic E-state index is 12.3. The Balaban J connectivity index is 1.72. The Kier molecular flexibility index (Phi) is 8.22. The molecule has 6 nitrogen and oxygen atoms in total. The van der Waals surface area contributed by atoms with E-state index in [1.165, 1.54) is 16.7 Å². The van der Waals surface area contributed by atoms with E-state index in [1.807, 2.05) is 43.3 Å². The SMILES string of the molecule is CCOc1cc(C=C2SC(=S)N(C)C2=O)cc(Br)c1OCCOc1ccccc1OC. The van der Waals surface area contributed by atoms with E-state index in [0.29, 0.717) is 56.5 Å². The predicted octanol–water partition coefficient (Wildman–Crippen LogP) is 5.15. The van der Waals surface area contributed by atoms with Gasteiger partial charge in [0.25, 0.3) is 5.91 Å². The number of methoxy groups -OCH3 is 1. The van der Waals surface area contributed by atoms with Crippen LogP contribution in [0, 0.1) is 0 Å². The van der Waals surface area contributed by atoms with Crippen molar-refractivity contribution in [1.82, 2.24) is 4.90 Å². The van der Waals surface area contributed by atoms with Gasteiger partial charge in [-0.05, 0) is 58.8 Å². The zero-order valence-corrected chi connectivity index (χ0v) is 20.6. The Hall–Kier alpha value is -2.23. The zero-order valence-electron chi connectivity index (χ0n) is 17.3. The number of halogens is 1. The van der Waals surface area contributed by atoms with Gasteiger partial charge in [0.2, 0.25) is 0 Å². The average Bonchev–Trinajstić information content (AvgIpc) is 2.99. The Morgan fingerprint density at radius 2 is 1.81 bits per heavy atom. The van der Waals surface area contributed by atoms with Crippen molar-refractivity contribution in [3.05, 3.63) is 51.3 Å². The van der Waals surface area contributed by atoms with Crippen molar-refractivity contribution in [2.24, 2.45) is 0 Å². The van der Waals surface area contributed by atoms with Crippen LogP contribution < -0.4 is 18.9 Å². The van der Waals surface area contributed by atoms with Crippen LogP contribution in [-0.2, 0) is 4.79 Å². The average molecular weight is 524 g/mol. The molecule has 3 rings (SSSR count). The summed E-state index contributed by atoms with van der Waals surface area (Å²) in [5, 5.41) is 0. The van der Waals surface area contributed by atoms with Gasteiger partial charge in [-0.15, -0.1) is 0 Å². The van der Waals surface area contributed by atoms with E-state index in [-0.39, 0.29) is 5.91 Å². The first kappa shape index (κ1) is 23.4. The summed E-state index contributed by atoms with van der Waals surface area (Å²) in [5.74, 6) is 2.36. The van der Waals surface area contributed by atoms with Crippen LogP contribution in [0.15, 0.2) is 45.8 Å². The van der Waals surface area contributed by atoms with Crippen LogP contribution in [0.3, 0.4) is 0 Å². The molecular formula is C22H22BrNO5S2. The summed E-state index contributed by atoms with van der Waals surface area (Å²) < 4.78 is 24.0. The van der Waals surface area contributed by atoms with E-state index < -0.39 is 0 Å². The molecule has 0 spiro atoms. The monoisotopic (exact) mass is 523 g/mol. The van der Waals surface area contributed by atoms with Gasteiger partial charge in [-0.25, -0.2) is 0 Å². The number of carbonyl (C=O) groups excluding carboxylic acids is 1. The molecule has 0 atom stereocenters. The highest BCUT2D eigenvalue weighted by molar-refractivity contribution is 9.10. The maximum atomic E-state index is 12.3. The molecule has 1 aliphatic heterocycles. The quantitative estimate of drug-likeness (QED) is 0.256. The van der Waals surface area contributed by atoms with Gasteiger partial charge in [0.1, 0.15) is 17.5 Å². The Morgan fingerprint density at radius 3 is 2.45 bits per heavy atom. The molecule has 0 radical (unpaired) electrons. The lowest BCUT2D eigenvalue weighted by molar-refractivity contribution is -0.121. The second-order valence-electron chi connectivity index (χ2n) is 6.35. The standard InChI is InChI=1S/C22H22BrNO5S2/c1-4-27-18-12-14(13-19-21(25)24(2)22(30)31-19)11-15(23)20(18)29-10-9-28-17-8-6-5-7-16(17)26-3/h5-8,11-13H,4,9-10H2,1-3H3. The molecule has 1 amide bonds. The third-order valence-corrected chi connectivity index (χ3v) is 6.35. The summed E-state index contributed by atoms with van der Waals surface area (Å²) in [5.41, 5.74) is 0.807. The normalized spacial score (nSPS) is 14.8. The molecular weight excluding hydrogens is 502 g/mol. The number of thioether (sulfide) groups is 1. The van der Waals surface area contributed by atoms with Crippen molar-refractivity contribution in [1.29, 1.82) is 0 Å². The first-order chi connectivity index (χ1) is 14.9. The van der Waals surface area contributed by atoms with E-state index in [4.69, 9.17) is 31.2 Å². The van der Waals surface area contributed by atoms with Crippen molar-refractivity contribution in [2.45, 2.75) is 6.92 Å². The predicted molar refractivity (Wildman–Crippen MR) is 130 cm³/mol. The molecule has 2 aromatic rings. The van der Waals surface area contributed by atoms with E-state index in [9.17, 15) is 4.79 Å². The second-order valence-corrected chi connectivity index (χ2v) is 8.88. The molecule has 9 heteroatoms. The van der Waals surface area contributed by atoms with Crippen LogP contribution >= 0.6 is 39.9 Å². The summed E-state index contributed by atoms with van der Waals surface area (Å²) in [4.78, 5) is 14.3.